The maximum atomic E-state index is 4.40. The standard InChI is InChI=1S/C19H17N3/c1-2-7-15(8-3-1)19(22-12-6-11-20-14-22)17-13-21-18-10-5-4-9-16(17)18/h1-13,19,21H,14H2. The van der Waals surface area contributed by atoms with Crippen molar-refractivity contribution in [2.45, 2.75) is 6.04 Å². The van der Waals surface area contributed by atoms with E-state index in [2.05, 4.69) is 81.9 Å². The Morgan fingerprint density at radius 2 is 1.82 bits per heavy atom. The van der Waals surface area contributed by atoms with Gasteiger partial charge >= 0.3 is 0 Å². The van der Waals surface area contributed by atoms with Crippen molar-refractivity contribution in [3.8, 4) is 0 Å². The van der Waals surface area contributed by atoms with E-state index in [0.717, 1.165) is 0 Å². The molecule has 0 amide bonds. The van der Waals surface area contributed by atoms with Gasteiger partial charge in [0.05, 0.1) is 6.04 Å². The van der Waals surface area contributed by atoms with Crippen LogP contribution in [0.5, 0.6) is 0 Å². The largest absolute Gasteiger partial charge is 0.361 e. The molecule has 1 aromatic heterocycles. The Balaban J connectivity index is 1.87. The molecule has 108 valence electrons. The number of aliphatic imine (C=N–C) groups is 1. The second kappa shape index (κ2) is 5.53. The fraction of sp³-hybridized carbons (Fsp3) is 0.105. The highest BCUT2D eigenvalue weighted by Gasteiger charge is 2.23. The van der Waals surface area contributed by atoms with E-state index in [0.29, 0.717) is 6.67 Å². The minimum Gasteiger partial charge on any atom is -0.361 e. The number of hydrogen-bond donors (Lipinski definition) is 1. The molecule has 1 N–H and O–H groups in total. The van der Waals surface area contributed by atoms with E-state index in [-0.39, 0.29) is 6.04 Å². The lowest BCUT2D eigenvalue weighted by atomic mass is 9.97. The third kappa shape index (κ3) is 2.21. The molecule has 4 rings (SSSR count). The lowest BCUT2D eigenvalue weighted by Gasteiger charge is -2.30. The van der Waals surface area contributed by atoms with Gasteiger partial charge in [-0.25, -0.2) is 0 Å². The summed E-state index contributed by atoms with van der Waals surface area (Å²) in [5.41, 5.74) is 3.72. The molecule has 0 spiro atoms. The second-order valence-corrected chi connectivity index (χ2v) is 5.43. The Labute approximate surface area is 129 Å². The number of H-pyrrole nitrogens is 1. The van der Waals surface area contributed by atoms with E-state index in [9.17, 15) is 0 Å². The van der Waals surface area contributed by atoms with Crippen LogP contribution in [0.1, 0.15) is 17.2 Å². The van der Waals surface area contributed by atoms with Crippen molar-refractivity contribution in [1.82, 2.24) is 9.88 Å². The molecular formula is C19H17N3. The first-order valence-electron chi connectivity index (χ1n) is 7.47. The van der Waals surface area contributed by atoms with Crippen LogP contribution in [-0.2, 0) is 0 Å². The van der Waals surface area contributed by atoms with Gasteiger partial charge in [0.1, 0.15) is 6.67 Å². The Hall–Kier alpha value is -2.81. The highest BCUT2D eigenvalue weighted by molar-refractivity contribution is 5.84. The number of nitrogens with one attached hydrogen (secondary N) is 1. The minimum atomic E-state index is 0.158. The van der Waals surface area contributed by atoms with Crippen molar-refractivity contribution in [2.24, 2.45) is 4.99 Å². The fourth-order valence-corrected chi connectivity index (χ4v) is 3.07. The third-order valence-corrected chi connectivity index (χ3v) is 4.08. The zero-order valence-corrected chi connectivity index (χ0v) is 12.2. The predicted octanol–water partition coefficient (Wildman–Crippen LogP) is 4.11. The second-order valence-electron chi connectivity index (χ2n) is 5.43. The summed E-state index contributed by atoms with van der Waals surface area (Å²) in [6.07, 6.45) is 8.09. The van der Waals surface area contributed by atoms with E-state index >= 15 is 0 Å². The molecule has 0 saturated heterocycles. The van der Waals surface area contributed by atoms with Crippen molar-refractivity contribution < 1.29 is 0 Å². The summed E-state index contributed by atoms with van der Waals surface area (Å²) < 4.78 is 0. The molecule has 3 aromatic rings. The Morgan fingerprint density at radius 3 is 2.64 bits per heavy atom. The highest BCUT2D eigenvalue weighted by atomic mass is 15.2. The van der Waals surface area contributed by atoms with Crippen LogP contribution in [-0.4, -0.2) is 22.8 Å². The molecule has 0 radical (unpaired) electrons. The molecule has 0 aliphatic carbocycles. The zero-order valence-electron chi connectivity index (χ0n) is 12.2. The number of allylic oxidation sites excluding steroid dienone is 1. The molecule has 0 bridgehead atoms. The molecule has 3 nitrogen and oxygen atoms in total. The fourth-order valence-electron chi connectivity index (χ4n) is 3.07. The predicted molar refractivity (Wildman–Crippen MR) is 90.9 cm³/mol. The van der Waals surface area contributed by atoms with Crippen molar-refractivity contribution in [3.05, 3.63) is 84.2 Å². The van der Waals surface area contributed by atoms with E-state index in [1.807, 2.05) is 12.3 Å². The van der Waals surface area contributed by atoms with Crippen LogP contribution >= 0.6 is 0 Å². The number of nitrogens with zero attached hydrogens (tertiary/aromatic N) is 2. The molecular weight excluding hydrogens is 270 g/mol. The van der Waals surface area contributed by atoms with Crippen LogP contribution in [0.2, 0.25) is 0 Å². The molecule has 2 aromatic carbocycles. The molecule has 1 unspecified atom stereocenters. The van der Waals surface area contributed by atoms with Gasteiger partial charge in [-0.1, -0.05) is 48.5 Å². The van der Waals surface area contributed by atoms with Crippen LogP contribution in [0.3, 0.4) is 0 Å². The van der Waals surface area contributed by atoms with Crippen LogP contribution < -0.4 is 0 Å². The lowest BCUT2D eigenvalue weighted by molar-refractivity contribution is 0.327. The number of para-hydroxylation sites is 1. The summed E-state index contributed by atoms with van der Waals surface area (Å²) in [6, 6.07) is 19.2. The third-order valence-electron chi connectivity index (χ3n) is 4.08. The maximum Gasteiger partial charge on any atom is 0.110 e. The number of aromatic nitrogens is 1. The van der Waals surface area contributed by atoms with Gasteiger partial charge in [-0.05, 0) is 17.7 Å². The maximum absolute atomic E-state index is 4.40. The number of benzene rings is 2. The Morgan fingerprint density at radius 1 is 1.00 bits per heavy atom. The monoisotopic (exact) mass is 287 g/mol. The van der Waals surface area contributed by atoms with E-state index in [1.165, 1.54) is 22.0 Å². The number of hydrogen-bond acceptors (Lipinski definition) is 2. The first kappa shape index (κ1) is 12.9. The minimum absolute atomic E-state index is 0.158. The normalized spacial score (nSPS) is 15.4. The number of fused-ring (bicyclic) bond motifs is 1. The van der Waals surface area contributed by atoms with Gasteiger partial charge in [-0.2, -0.15) is 0 Å². The van der Waals surface area contributed by atoms with E-state index in [1.54, 1.807) is 0 Å². The van der Waals surface area contributed by atoms with Crippen LogP contribution in [0.15, 0.2) is 78.1 Å². The SMILES string of the molecule is C1=CN(C(c2ccccc2)c2c[nH]c3ccccc23)CN=C1. The Kier molecular flexibility index (Phi) is 3.24. The molecule has 1 aliphatic rings. The molecule has 1 atom stereocenters. The van der Waals surface area contributed by atoms with Gasteiger partial charge < -0.3 is 9.88 Å². The summed E-state index contributed by atoms with van der Waals surface area (Å²) in [6.45, 7) is 0.676. The average molecular weight is 287 g/mol. The quantitative estimate of drug-likeness (QED) is 0.772. The van der Waals surface area contributed by atoms with Crippen LogP contribution in [0.25, 0.3) is 10.9 Å². The highest BCUT2D eigenvalue weighted by Crippen LogP contribution is 2.34. The first-order valence-corrected chi connectivity index (χ1v) is 7.47. The van der Waals surface area contributed by atoms with Crippen molar-refractivity contribution in [1.29, 1.82) is 0 Å². The molecule has 1 aliphatic heterocycles. The van der Waals surface area contributed by atoms with E-state index in [4.69, 9.17) is 0 Å². The summed E-state index contributed by atoms with van der Waals surface area (Å²) in [4.78, 5) is 10.1. The molecule has 3 heteroatoms. The number of rotatable bonds is 3. The summed E-state index contributed by atoms with van der Waals surface area (Å²) >= 11 is 0. The molecule has 2 heterocycles. The summed E-state index contributed by atoms with van der Waals surface area (Å²) in [5.74, 6) is 0. The molecule has 0 saturated carbocycles. The smallest absolute Gasteiger partial charge is 0.110 e. The first-order chi connectivity index (χ1) is 10.9. The van der Waals surface area contributed by atoms with Crippen molar-refractivity contribution >= 4 is 17.1 Å². The van der Waals surface area contributed by atoms with Gasteiger partial charge in [0, 0.05) is 35.1 Å². The lowest BCUT2D eigenvalue weighted by Crippen LogP contribution is -2.26. The van der Waals surface area contributed by atoms with Gasteiger partial charge in [0.15, 0.2) is 0 Å². The average Bonchev–Trinajstić information content (AvgIpc) is 3.01. The summed E-state index contributed by atoms with van der Waals surface area (Å²) in [7, 11) is 0. The van der Waals surface area contributed by atoms with E-state index < -0.39 is 0 Å². The van der Waals surface area contributed by atoms with Crippen molar-refractivity contribution in [3.63, 3.8) is 0 Å². The molecule has 22 heavy (non-hydrogen) atoms. The van der Waals surface area contributed by atoms with Gasteiger partial charge in [0.25, 0.3) is 0 Å². The van der Waals surface area contributed by atoms with Crippen LogP contribution in [0, 0.1) is 0 Å². The summed E-state index contributed by atoms with van der Waals surface area (Å²) in [5, 5.41) is 1.26. The number of aromatic amines is 1. The zero-order chi connectivity index (χ0) is 14.8. The van der Waals surface area contributed by atoms with Crippen molar-refractivity contribution in [2.75, 3.05) is 6.67 Å². The Bertz CT molecular complexity index is 830. The van der Waals surface area contributed by atoms with Gasteiger partial charge in [-0.3, -0.25) is 4.99 Å². The van der Waals surface area contributed by atoms with Gasteiger partial charge in [-0.15, -0.1) is 0 Å². The van der Waals surface area contributed by atoms with Gasteiger partial charge in [0.2, 0.25) is 0 Å². The van der Waals surface area contributed by atoms with Crippen LogP contribution in [0.4, 0.5) is 0 Å². The topological polar surface area (TPSA) is 31.4 Å². The molecule has 0 fully saturated rings.